The SMILES string of the molecule is CN(CCc1ccccn1)c1cnc(C#N)cn1. The van der Waals surface area contributed by atoms with Gasteiger partial charge in [-0.1, -0.05) is 6.07 Å². The van der Waals surface area contributed by atoms with Gasteiger partial charge in [0.15, 0.2) is 5.69 Å². The van der Waals surface area contributed by atoms with Crippen LogP contribution in [0.1, 0.15) is 11.4 Å². The monoisotopic (exact) mass is 239 g/mol. The van der Waals surface area contributed by atoms with E-state index in [1.807, 2.05) is 36.2 Å². The molecule has 18 heavy (non-hydrogen) atoms. The standard InChI is InChI=1S/C13H13N5/c1-18(7-5-11-4-2-3-6-15-11)13-10-16-12(8-14)9-17-13/h2-4,6,9-10H,5,7H2,1H3. The van der Waals surface area contributed by atoms with Gasteiger partial charge < -0.3 is 4.90 Å². The van der Waals surface area contributed by atoms with Crippen LogP contribution in [-0.4, -0.2) is 28.5 Å². The van der Waals surface area contributed by atoms with Crippen molar-refractivity contribution in [2.45, 2.75) is 6.42 Å². The zero-order valence-corrected chi connectivity index (χ0v) is 10.1. The lowest BCUT2D eigenvalue weighted by Gasteiger charge is -2.17. The van der Waals surface area contributed by atoms with Gasteiger partial charge >= 0.3 is 0 Å². The first-order valence-electron chi connectivity index (χ1n) is 5.63. The van der Waals surface area contributed by atoms with Crippen LogP contribution in [0.15, 0.2) is 36.8 Å². The zero-order chi connectivity index (χ0) is 12.8. The van der Waals surface area contributed by atoms with E-state index in [9.17, 15) is 0 Å². The number of pyridine rings is 1. The van der Waals surface area contributed by atoms with Crippen LogP contribution < -0.4 is 4.90 Å². The molecule has 0 aromatic carbocycles. The summed E-state index contributed by atoms with van der Waals surface area (Å²) < 4.78 is 0. The molecule has 2 heterocycles. The highest BCUT2D eigenvalue weighted by molar-refractivity contribution is 5.36. The normalized spacial score (nSPS) is 9.78. The molecule has 0 fully saturated rings. The molecular weight excluding hydrogens is 226 g/mol. The molecule has 0 atom stereocenters. The van der Waals surface area contributed by atoms with Crippen molar-refractivity contribution in [2.24, 2.45) is 0 Å². The van der Waals surface area contributed by atoms with Gasteiger partial charge in [-0.3, -0.25) is 4.98 Å². The predicted molar refractivity (Wildman–Crippen MR) is 68.0 cm³/mol. The van der Waals surface area contributed by atoms with Crippen LogP contribution in [0.4, 0.5) is 5.82 Å². The first-order chi connectivity index (χ1) is 8.79. The van der Waals surface area contributed by atoms with Crippen LogP contribution in [0.3, 0.4) is 0 Å². The Morgan fingerprint density at radius 3 is 2.72 bits per heavy atom. The number of nitrogens with zero attached hydrogens (tertiary/aromatic N) is 5. The number of hydrogen-bond acceptors (Lipinski definition) is 5. The molecule has 0 spiro atoms. The average molecular weight is 239 g/mol. The van der Waals surface area contributed by atoms with E-state index in [1.165, 1.54) is 6.20 Å². The Labute approximate surface area is 106 Å². The van der Waals surface area contributed by atoms with E-state index in [4.69, 9.17) is 5.26 Å². The summed E-state index contributed by atoms with van der Waals surface area (Å²) in [4.78, 5) is 14.4. The van der Waals surface area contributed by atoms with Crippen LogP contribution in [-0.2, 0) is 6.42 Å². The summed E-state index contributed by atoms with van der Waals surface area (Å²) in [6.07, 6.45) is 5.72. The lowest BCUT2D eigenvalue weighted by atomic mass is 10.2. The Hall–Kier alpha value is -2.48. The molecular formula is C13H13N5. The smallest absolute Gasteiger partial charge is 0.158 e. The molecule has 90 valence electrons. The summed E-state index contributed by atoms with van der Waals surface area (Å²) >= 11 is 0. The maximum absolute atomic E-state index is 8.64. The maximum atomic E-state index is 8.64. The zero-order valence-electron chi connectivity index (χ0n) is 10.1. The third-order valence-electron chi connectivity index (χ3n) is 2.57. The predicted octanol–water partition coefficient (Wildman–Crippen LogP) is 1.42. The Balaban J connectivity index is 1.95. The first kappa shape index (κ1) is 12.0. The van der Waals surface area contributed by atoms with E-state index < -0.39 is 0 Å². The van der Waals surface area contributed by atoms with Crippen molar-refractivity contribution in [2.75, 3.05) is 18.5 Å². The van der Waals surface area contributed by atoms with E-state index in [-0.39, 0.29) is 0 Å². The Morgan fingerprint density at radius 2 is 2.11 bits per heavy atom. The van der Waals surface area contributed by atoms with Crippen LogP contribution in [0.25, 0.3) is 0 Å². The van der Waals surface area contributed by atoms with Gasteiger partial charge in [0, 0.05) is 31.9 Å². The summed E-state index contributed by atoms with van der Waals surface area (Å²) in [6.45, 7) is 0.803. The van der Waals surface area contributed by atoms with Crippen molar-refractivity contribution >= 4 is 5.82 Å². The van der Waals surface area contributed by atoms with Crippen molar-refractivity contribution in [3.63, 3.8) is 0 Å². The number of hydrogen-bond donors (Lipinski definition) is 0. The largest absolute Gasteiger partial charge is 0.358 e. The number of aromatic nitrogens is 3. The Morgan fingerprint density at radius 1 is 1.22 bits per heavy atom. The van der Waals surface area contributed by atoms with Crippen molar-refractivity contribution < 1.29 is 0 Å². The van der Waals surface area contributed by atoms with Crippen LogP contribution in [0.2, 0.25) is 0 Å². The van der Waals surface area contributed by atoms with Crippen molar-refractivity contribution in [3.05, 3.63) is 48.2 Å². The second-order valence-electron chi connectivity index (χ2n) is 3.86. The van der Waals surface area contributed by atoms with E-state index >= 15 is 0 Å². The fourth-order valence-corrected chi connectivity index (χ4v) is 1.52. The first-order valence-corrected chi connectivity index (χ1v) is 5.63. The van der Waals surface area contributed by atoms with Gasteiger partial charge in [0.05, 0.1) is 12.4 Å². The fraction of sp³-hybridized carbons (Fsp3) is 0.231. The van der Waals surface area contributed by atoms with Crippen LogP contribution >= 0.6 is 0 Å². The van der Waals surface area contributed by atoms with Gasteiger partial charge in [0.25, 0.3) is 0 Å². The fourth-order valence-electron chi connectivity index (χ4n) is 1.52. The molecule has 2 aromatic heterocycles. The molecule has 0 aliphatic rings. The highest BCUT2D eigenvalue weighted by Gasteiger charge is 2.04. The highest BCUT2D eigenvalue weighted by atomic mass is 15.2. The molecule has 0 saturated heterocycles. The summed E-state index contributed by atoms with van der Waals surface area (Å²) in [5.41, 5.74) is 1.38. The molecule has 0 aliphatic heterocycles. The molecule has 5 heteroatoms. The topological polar surface area (TPSA) is 65.7 Å². The Bertz CT molecular complexity index is 530. The summed E-state index contributed by atoms with van der Waals surface area (Å²) in [5, 5.41) is 8.64. The van der Waals surface area contributed by atoms with Gasteiger partial charge in [-0.2, -0.15) is 5.26 Å². The van der Waals surface area contributed by atoms with E-state index in [0.717, 1.165) is 24.5 Å². The molecule has 0 radical (unpaired) electrons. The molecule has 0 unspecified atom stereocenters. The summed E-state index contributed by atoms with van der Waals surface area (Å²) in [6, 6.07) is 7.83. The number of likely N-dealkylation sites (N-methyl/N-ethyl adjacent to an activating group) is 1. The third kappa shape index (κ3) is 3.01. The van der Waals surface area contributed by atoms with Crippen molar-refractivity contribution in [3.8, 4) is 6.07 Å². The molecule has 0 bridgehead atoms. The summed E-state index contributed by atoms with van der Waals surface area (Å²) in [5.74, 6) is 0.755. The van der Waals surface area contributed by atoms with E-state index in [1.54, 1.807) is 12.4 Å². The van der Waals surface area contributed by atoms with Gasteiger partial charge in [-0.05, 0) is 12.1 Å². The lowest BCUT2D eigenvalue weighted by Crippen LogP contribution is -2.21. The van der Waals surface area contributed by atoms with E-state index in [2.05, 4.69) is 15.0 Å². The summed E-state index contributed by atoms with van der Waals surface area (Å²) in [7, 11) is 1.94. The van der Waals surface area contributed by atoms with Gasteiger partial charge in [0.1, 0.15) is 11.9 Å². The lowest BCUT2D eigenvalue weighted by molar-refractivity contribution is 0.834. The van der Waals surface area contributed by atoms with Gasteiger partial charge in [-0.25, -0.2) is 9.97 Å². The van der Waals surface area contributed by atoms with E-state index in [0.29, 0.717) is 5.69 Å². The minimum Gasteiger partial charge on any atom is -0.358 e. The molecule has 0 N–H and O–H groups in total. The average Bonchev–Trinajstić information content (AvgIpc) is 2.46. The maximum Gasteiger partial charge on any atom is 0.158 e. The van der Waals surface area contributed by atoms with Crippen LogP contribution in [0, 0.1) is 11.3 Å². The van der Waals surface area contributed by atoms with Crippen molar-refractivity contribution in [1.82, 2.24) is 15.0 Å². The highest BCUT2D eigenvalue weighted by Crippen LogP contribution is 2.07. The number of nitriles is 1. The minimum atomic E-state index is 0.330. The van der Waals surface area contributed by atoms with Crippen LogP contribution in [0.5, 0.6) is 0 Å². The van der Waals surface area contributed by atoms with Gasteiger partial charge in [0.2, 0.25) is 0 Å². The third-order valence-corrected chi connectivity index (χ3v) is 2.57. The second kappa shape index (κ2) is 5.73. The number of rotatable bonds is 4. The molecule has 0 amide bonds. The molecule has 0 aliphatic carbocycles. The molecule has 5 nitrogen and oxygen atoms in total. The Kier molecular flexibility index (Phi) is 3.82. The quantitative estimate of drug-likeness (QED) is 0.807. The second-order valence-corrected chi connectivity index (χ2v) is 3.86. The molecule has 2 rings (SSSR count). The van der Waals surface area contributed by atoms with Gasteiger partial charge in [-0.15, -0.1) is 0 Å². The minimum absolute atomic E-state index is 0.330. The molecule has 2 aromatic rings. The molecule has 0 saturated carbocycles. The number of anilines is 1. The van der Waals surface area contributed by atoms with Crippen molar-refractivity contribution in [1.29, 1.82) is 5.26 Å².